The van der Waals surface area contributed by atoms with E-state index in [1.165, 1.54) is 0 Å². The largest absolute Gasteiger partial charge is 0.489 e. The molecule has 0 bridgehead atoms. The molecule has 0 N–H and O–H groups in total. The molecule has 0 saturated heterocycles. The van der Waals surface area contributed by atoms with Crippen LogP contribution in [0.25, 0.3) is 0 Å². The minimum atomic E-state index is -0.293. The van der Waals surface area contributed by atoms with E-state index in [0.29, 0.717) is 30.0 Å². The Kier molecular flexibility index (Phi) is 8.04. The van der Waals surface area contributed by atoms with Crippen LogP contribution in [0.15, 0.2) is 24.3 Å². The standard InChI is InChI=1S/C20H30ClNO3/c1-4-22(5-2)19-15(13-14-21)9-12-18(19)25-17-10-7-16(8-11-17)20(23)24-6-3/h7-8,10-11,15,18-19H,4-6,9,12-14H2,1-3H3/t15-,18-,19-/m0/s1. The van der Waals surface area contributed by atoms with Gasteiger partial charge in [0, 0.05) is 11.9 Å². The maximum atomic E-state index is 11.8. The lowest BCUT2D eigenvalue weighted by Gasteiger charge is -2.35. The van der Waals surface area contributed by atoms with Crippen molar-refractivity contribution in [2.24, 2.45) is 5.92 Å². The first-order valence-electron chi connectivity index (χ1n) is 9.38. The van der Waals surface area contributed by atoms with E-state index in [-0.39, 0.29) is 12.1 Å². The lowest BCUT2D eigenvalue weighted by atomic mass is 9.98. The van der Waals surface area contributed by atoms with E-state index in [2.05, 4.69) is 18.7 Å². The number of ether oxygens (including phenoxy) is 2. The van der Waals surface area contributed by atoms with E-state index in [1.807, 2.05) is 12.1 Å². The second-order valence-corrected chi connectivity index (χ2v) is 6.81. The van der Waals surface area contributed by atoms with Gasteiger partial charge in [-0.1, -0.05) is 13.8 Å². The Morgan fingerprint density at radius 1 is 1.16 bits per heavy atom. The summed E-state index contributed by atoms with van der Waals surface area (Å²) in [7, 11) is 0. The van der Waals surface area contributed by atoms with Gasteiger partial charge < -0.3 is 9.47 Å². The van der Waals surface area contributed by atoms with Crippen molar-refractivity contribution in [1.29, 1.82) is 0 Å². The third-order valence-corrected chi connectivity index (χ3v) is 5.27. The highest BCUT2D eigenvalue weighted by Crippen LogP contribution is 2.35. The molecule has 1 aliphatic rings. The molecule has 0 spiro atoms. The summed E-state index contributed by atoms with van der Waals surface area (Å²) >= 11 is 6.02. The van der Waals surface area contributed by atoms with Crippen molar-refractivity contribution in [3.63, 3.8) is 0 Å². The van der Waals surface area contributed by atoms with E-state index >= 15 is 0 Å². The summed E-state index contributed by atoms with van der Waals surface area (Å²) < 4.78 is 11.3. The molecule has 0 aliphatic heterocycles. The highest BCUT2D eigenvalue weighted by atomic mass is 35.5. The molecular formula is C20H30ClNO3. The van der Waals surface area contributed by atoms with Gasteiger partial charge in [-0.05, 0) is 69.5 Å². The molecule has 140 valence electrons. The minimum absolute atomic E-state index is 0.168. The van der Waals surface area contributed by atoms with E-state index in [4.69, 9.17) is 21.1 Å². The summed E-state index contributed by atoms with van der Waals surface area (Å²) in [5, 5.41) is 0. The van der Waals surface area contributed by atoms with Crippen molar-refractivity contribution in [1.82, 2.24) is 4.90 Å². The molecule has 0 aromatic heterocycles. The van der Waals surface area contributed by atoms with Gasteiger partial charge in [-0.25, -0.2) is 4.79 Å². The van der Waals surface area contributed by atoms with Gasteiger partial charge in [-0.15, -0.1) is 11.6 Å². The van der Waals surface area contributed by atoms with Crippen LogP contribution in [0.3, 0.4) is 0 Å². The van der Waals surface area contributed by atoms with Gasteiger partial charge in [0.05, 0.1) is 12.2 Å². The Bertz CT molecular complexity index is 530. The van der Waals surface area contributed by atoms with Crippen LogP contribution in [0.5, 0.6) is 5.75 Å². The SMILES string of the molecule is CCOC(=O)c1ccc(O[C@H]2CC[C@@H](CCCl)[C@@H]2N(CC)CC)cc1. The molecule has 5 heteroatoms. The molecule has 0 amide bonds. The number of alkyl halides is 1. The summed E-state index contributed by atoms with van der Waals surface area (Å²) in [5.74, 6) is 1.80. The first-order valence-corrected chi connectivity index (χ1v) is 9.91. The summed E-state index contributed by atoms with van der Waals surface area (Å²) in [6.45, 7) is 8.62. The van der Waals surface area contributed by atoms with Gasteiger partial charge in [0.15, 0.2) is 0 Å². The number of hydrogen-bond donors (Lipinski definition) is 0. The summed E-state index contributed by atoms with van der Waals surface area (Å²) in [6.07, 6.45) is 3.40. The average molecular weight is 368 g/mol. The first-order chi connectivity index (χ1) is 12.1. The lowest BCUT2D eigenvalue weighted by molar-refractivity contribution is 0.0526. The summed E-state index contributed by atoms with van der Waals surface area (Å²) in [5.41, 5.74) is 0.556. The van der Waals surface area contributed by atoms with Gasteiger partial charge in [0.25, 0.3) is 0 Å². The summed E-state index contributed by atoms with van der Waals surface area (Å²) in [6, 6.07) is 7.66. The zero-order valence-corrected chi connectivity index (χ0v) is 16.3. The predicted octanol–water partition coefficient (Wildman–Crippen LogP) is 4.36. The number of benzene rings is 1. The number of likely N-dealkylation sites (N-methyl/N-ethyl adjacent to an activating group) is 1. The van der Waals surface area contributed by atoms with Gasteiger partial charge in [-0.2, -0.15) is 0 Å². The fraction of sp³-hybridized carbons (Fsp3) is 0.650. The molecule has 1 aromatic rings. The molecule has 0 heterocycles. The second kappa shape index (κ2) is 10.0. The number of esters is 1. The second-order valence-electron chi connectivity index (χ2n) is 6.43. The lowest BCUT2D eigenvalue weighted by Crippen LogP contribution is -2.46. The van der Waals surface area contributed by atoms with Crippen LogP contribution >= 0.6 is 11.6 Å². The molecule has 0 radical (unpaired) electrons. The fourth-order valence-electron chi connectivity index (χ4n) is 3.84. The first kappa shape index (κ1) is 20.1. The number of nitrogens with zero attached hydrogens (tertiary/aromatic N) is 1. The van der Waals surface area contributed by atoms with Crippen LogP contribution in [-0.4, -0.2) is 48.6 Å². The molecule has 2 rings (SSSR count). The average Bonchev–Trinajstić information content (AvgIpc) is 3.00. The molecule has 1 aromatic carbocycles. The van der Waals surface area contributed by atoms with Crippen molar-refractivity contribution in [3.05, 3.63) is 29.8 Å². The zero-order valence-electron chi connectivity index (χ0n) is 15.5. The number of rotatable bonds is 9. The normalized spacial score (nSPS) is 23.0. The van der Waals surface area contributed by atoms with Gasteiger partial charge in [0.1, 0.15) is 11.9 Å². The molecule has 4 nitrogen and oxygen atoms in total. The van der Waals surface area contributed by atoms with E-state index in [9.17, 15) is 4.79 Å². The highest BCUT2D eigenvalue weighted by Gasteiger charge is 2.40. The maximum absolute atomic E-state index is 11.8. The number of carbonyl (C=O) groups is 1. The monoisotopic (exact) mass is 367 g/mol. The van der Waals surface area contributed by atoms with E-state index < -0.39 is 0 Å². The van der Waals surface area contributed by atoms with Crippen LogP contribution in [0.1, 0.15) is 50.4 Å². The van der Waals surface area contributed by atoms with Crippen molar-refractivity contribution < 1.29 is 14.3 Å². The third kappa shape index (κ3) is 5.11. The minimum Gasteiger partial charge on any atom is -0.489 e. The van der Waals surface area contributed by atoms with Crippen LogP contribution in [0, 0.1) is 5.92 Å². The Morgan fingerprint density at radius 3 is 2.40 bits per heavy atom. The molecule has 3 atom stereocenters. The van der Waals surface area contributed by atoms with Crippen molar-refractivity contribution >= 4 is 17.6 Å². The summed E-state index contributed by atoms with van der Waals surface area (Å²) in [4.78, 5) is 14.2. The smallest absolute Gasteiger partial charge is 0.338 e. The van der Waals surface area contributed by atoms with Crippen LogP contribution < -0.4 is 4.74 Å². The predicted molar refractivity (Wildman–Crippen MR) is 102 cm³/mol. The number of carbonyl (C=O) groups excluding carboxylic acids is 1. The molecule has 1 fully saturated rings. The third-order valence-electron chi connectivity index (χ3n) is 5.05. The number of halogens is 1. The van der Waals surface area contributed by atoms with Gasteiger partial charge >= 0.3 is 5.97 Å². The maximum Gasteiger partial charge on any atom is 0.338 e. The van der Waals surface area contributed by atoms with Crippen molar-refractivity contribution in [2.45, 2.75) is 52.2 Å². The van der Waals surface area contributed by atoms with Crippen molar-refractivity contribution in [2.75, 3.05) is 25.6 Å². The van der Waals surface area contributed by atoms with Crippen molar-refractivity contribution in [3.8, 4) is 5.75 Å². The Morgan fingerprint density at radius 2 is 1.84 bits per heavy atom. The topological polar surface area (TPSA) is 38.8 Å². The molecule has 1 saturated carbocycles. The van der Waals surface area contributed by atoms with Gasteiger partial charge in [0.2, 0.25) is 0 Å². The van der Waals surface area contributed by atoms with Crippen LogP contribution in [0.4, 0.5) is 0 Å². The van der Waals surface area contributed by atoms with E-state index in [1.54, 1.807) is 19.1 Å². The Labute approximate surface area is 156 Å². The van der Waals surface area contributed by atoms with Gasteiger partial charge in [-0.3, -0.25) is 4.90 Å². The Balaban J connectivity index is 2.07. The fourth-order valence-corrected chi connectivity index (χ4v) is 4.12. The van der Waals surface area contributed by atoms with E-state index in [0.717, 1.165) is 38.1 Å². The zero-order chi connectivity index (χ0) is 18.2. The number of hydrogen-bond acceptors (Lipinski definition) is 4. The van der Waals surface area contributed by atoms with Crippen LogP contribution in [0.2, 0.25) is 0 Å². The molecule has 1 aliphatic carbocycles. The molecule has 0 unspecified atom stereocenters. The quantitative estimate of drug-likeness (QED) is 0.480. The Hall–Kier alpha value is -1.26. The molecular weight excluding hydrogens is 338 g/mol. The van der Waals surface area contributed by atoms with Crippen LogP contribution in [-0.2, 0) is 4.74 Å². The molecule has 25 heavy (non-hydrogen) atoms. The highest BCUT2D eigenvalue weighted by molar-refractivity contribution is 6.17.